The molecule has 0 aliphatic heterocycles. The molecule has 0 spiro atoms. The molecule has 2 heterocycles. The predicted molar refractivity (Wildman–Crippen MR) is 114 cm³/mol. The van der Waals surface area contributed by atoms with E-state index in [0.29, 0.717) is 17.3 Å². The lowest BCUT2D eigenvalue weighted by Gasteiger charge is -2.10. The smallest absolute Gasteiger partial charge is 0.323 e. The maximum absolute atomic E-state index is 12.2. The summed E-state index contributed by atoms with van der Waals surface area (Å²) in [5.74, 6) is 1.11. The van der Waals surface area contributed by atoms with Crippen LogP contribution in [0, 0.1) is 20.8 Å². The third-order valence-corrected chi connectivity index (χ3v) is 4.66. The van der Waals surface area contributed by atoms with E-state index in [4.69, 9.17) is 4.74 Å². The first-order valence-corrected chi connectivity index (χ1v) is 9.22. The highest BCUT2D eigenvalue weighted by Gasteiger charge is 2.13. The standard InChI is InChI=1S/C22H21N5O2/c1-13-5-4-6-17(11-13)27-22(28)26-16-7-9-18(10-8-16)29-21-19-14(2)15(3)25-20(19)23-12-24-21/h4-12H,1-3H3,(H,23,24,25)(H2,26,27,28). The quantitative estimate of drug-likeness (QED) is 0.442. The number of aromatic nitrogens is 3. The minimum absolute atomic E-state index is 0.305. The number of aromatic amines is 1. The number of carbonyl (C=O) groups excluding carboxylic acids is 1. The van der Waals surface area contributed by atoms with Gasteiger partial charge in [-0.05, 0) is 68.3 Å². The lowest BCUT2D eigenvalue weighted by molar-refractivity contribution is 0.262. The molecule has 7 nitrogen and oxygen atoms in total. The van der Waals surface area contributed by atoms with Gasteiger partial charge in [-0.1, -0.05) is 12.1 Å². The highest BCUT2D eigenvalue weighted by Crippen LogP contribution is 2.31. The SMILES string of the molecule is Cc1cccc(NC(=O)Nc2ccc(Oc3ncnc4[nH]c(C)c(C)c34)cc2)c1. The molecule has 0 aliphatic carbocycles. The van der Waals surface area contributed by atoms with Crippen molar-refractivity contribution in [3.05, 3.63) is 71.7 Å². The van der Waals surface area contributed by atoms with Crippen molar-refractivity contribution in [1.82, 2.24) is 15.0 Å². The van der Waals surface area contributed by atoms with Gasteiger partial charge in [-0.25, -0.2) is 14.8 Å². The normalized spacial score (nSPS) is 10.7. The van der Waals surface area contributed by atoms with Gasteiger partial charge in [0.1, 0.15) is 17.7 Å². The Morgan fingerprint density at radius 2 is 1.72 bits per heavy atom. The molecule has 2 aromatic heterocycles. The van der Waals surface area contributed by atoms with Gasteiger partial charge in [0.2, 0.25) is 5.88 Å². The Morgan fingerprint density at radius 3 is 2.48 bits per heavy atom. The topological polar surface area (TPSA) is 91.9 Å². The monoisotopic (exact) mass is 387 g/mol. The van der Waals surface area contributed by atoms with Crippen molar-refractivity contribution in [3.63, 3.8) is 0 Å². The van der Waals surface area contributed by atoms with Gasteiger partial charge in [-0.15, -0.1) is 0 Å². The Morgan fingerprint density at radius 1 is 0.966 bits per heavy atom. The van der Waals surface area contributed by atoms with Crippen LogP contribution in [0.3, 0.4) is 0 Å². The van der Waals surface area contributed by atoms with E-state index in [9.17, 15) is 4.79 Å². The van der Waals surface area contributed by atoms with Crippen molar-refractivity contribution in [2.45, 2.75) is 20.8 Å². The van der Waals surface area contributed by atoms with Crippen molar-refractivity contribution in [2.75, 3.05) is 10.6 Å². The summed E-state index contributed by atoms with van der Waals surface area (Å²) in [4.78, 5) is 23.9. The molecule has 7 heteroatoms. The maximum Gasteiger partial charge on any atom is 0.323 e. The number of rotatable bonds is 4. The van der Waals surface area contributed by atoms with Crippen LogP contribution in [0.15, 0.2) is 54.9 Å². The van der Waals surface area contributed by atoms with Crippen LogP contribution in [0.4, 0.5) is 16.2 Å². The predicted octanol–water partition coefficient (Wildman–Crippen LogP) is 5.32. The summed E-state index contributed by atoms with van der Waals surface area (Å²) in [5.41, 5.74) is 5.31. The van der Waals surface area contributed by atoms with Gasteiger partial charge in [0.15, 0.2) is 0 Å². The average Bonchev–Trinajstić information content (AvgIpc) is 2.98. The lowest BCUT2D eigenvalue weighted by atomic mass is 10.2. The summed E-state index contributed by atoms with van der Waals surface area (Å²) in [7, 11) is 0. The molecule has 0 fully saturated rings. The molecule has 3 N–H and O–H groups in total. The van der Waals surface area contributed by atoms with E-state index in [2.05, 4.69) is 25.6 Å². The molecule has 29 heavy (non-hydrogen) atoms. The first-order chi connectivity index (χ1) is 14.0. The third kappa shape index (κ3) is 4.03. The van der Waals surface area contributed by atoms with Crippen molar-refractivity contribution >= 4 is 28.4 Å². The number of hydrogen-bond acceptors (Lipinski definition) is 4. The molecule has 0 aliphatic rings. The molecule has 4 rings (SSSR count). The molecule has 2 aromatic carbocycles. The van der Waals surface area contributed by atoms with Crippen LogP contribution in [0.5, 0.6) is 11.6 Å². The summed E-state index contributed by atoms with van der Waals surface area (Å²) < 4.78 is 5.96. The number of fused-ring (bicyclic) bond motifs is 1. The summed E-state index contributed by atoms with van der Waals surface area (Å²) in [6, 6.07) is 14.4. The van der Waals surface area contributed by atoms with E-state index in [-0.39, 0.29) is 6.03 Å². The van der Waals surface area contributed by atoms with E-state index in [1.807, 2.05) is 45.0 Å². The van der Waals surface area contributed by atoms with Gasteiger partial charge < -0.3 is 20.4 Å². The number of anilines is 2. The number of amides is 2. The number of aryl methyl sites for hydroxylation is 3. The number of urea groups is 1. The Bertz CT molecular complexity index is 1180. The molecule has 4 aromatic rings. The Labute approximate surface area is 168 Å². The largest absolute Gasteiger partial charge is 0.438 e. The highest BCUT2D eigenvalue weighted by atomic mass is 16.5. The van der Waals surface area contributed by atoms with Crippen LogP contribution in [-0.2, 0) is 0 Å². The molecule has 0 radical (unpaired) electrons. The Balaban J connectivity index is 1.45. The molecular weight excluding hydrogens is 366 g/mol. The zero-order valence-electron chi connectivity index (χ0n) is 16.4. The average molecular weight is 387 g/mol. The number of carbonyl (C=O) groups is 1. The van der Waals surface area contributed by atoms with Crippen LogP contribution < -0.4 is 15.4 Å². The van der Waals surface area contributed by atoms with E-state index in [1.54, 1.807) is 24.3 Å². The minimum atomic E-state index is -0.305. The van der Waals surface area contributed by atoms with Crippen LogP contribution in [0.2, 0.25) is 0 Å². The number of H-pyrrole nitrogens is 1. The summed E-state index contributed by atoms with van der Waals surface area (Å²) in [6.07, 6.45) is 1.47. The minimum Gasteiger partial charge on any atom is -0.438 e. The van der Waals surface area contributed by atoms with Gasteiger partial charge >= 0.3 is 6.03 Å². The second-order valence-corrected chi connectivity index (χ2v) is 6.85. The molecule has 2 amide bonds. The fraction of sp³-hybridized carbons (Fsp3) is 0.136. The van der Waals surface area contributed by atoms with Gasteiger partial charge in [-0.3, -0.25) is 0 Å². The van der Waals surface area contributed by atoms with Gasteiger partial charge in [0.05, 0.1) is 5.39 Å². The number of benzene rings is 2. The fourth-order valence-electron chi connectivity index (χ4n) is 3.07. The lowest BCUT2D eigenvalue weighted by Crippen LogP contribution is -2.19. The summed E-state index contributed by atoms with van der Waals surface area (Å²) >= 11 is 0. The second-order valence-electron chi connectivity index (χ2n) is 6.85. The maximum atomic E-state index is 12.2. The second kappa shape index (κ2) is 7.63. The molecular formula is C22H21N5O2. The van der Waals surface area contributed by atoms with Crippen molar-refractivity contribution in [2.24, 2.45) is 0 Å². The third-order valence-electron chi connectivity index (χ3n) is 4.66. The van der Waals surface area contributed by atoms with Gasteiger partial charge in [-0.2, -0.15) is 0 Å². The van der Waals surface area contributed by atoms with Gasteiger partial charge in [0.25, 0.3) is 0 Å². The van der Waals surface area contributed by atoms with Crippen molar-refractivity contribution < 1.29 is 9.53 Å². The fourth-order valence-corrected chi connectivity index (χ4v) is 3.07. The molecule has 0 unspecified atom stereocenters. The number of ether oxygens (including phenoxy) is 1. The zero-order chi connectivity index (χ0) is 20.4. The Hall–Kier alpha value is -3.87. The van der Waals surface area contributed by atoms with Crippen LogP contribution in [0.25, 0.3) is 11.0 Å². The van der Waals surface area contributed by atoms with Crippen LogP contribution in [-0.4, -0.2) is 21.0 Å². The summed E-state index contributed by atoms with van der Waals surface area (Å²) in [5, 5.41) is 6.48. The first kappa shape index (κ1) is 18.5. The molecule has 0 bridgehead atoms. The van der Waals surface area contributed by atoms with E-state index >= 15 is 0 Å². The van der Waals surface area contributed by atoms with Gasteiger partial charge in [0, 0.05) is 17.1 Å². The van der Waals surface area contributed by atoms with Crippen molar-refractivity contribution in [3.8, 4) is 11.6 Å². The highest BCUT2D eigenvalue weighted by molar-refractivity contribution is 5.99. The van der Waals surface area contributed by atoms with Crippen LogP contribution >= 0.6 is 0 Å². The molecule has 146 valence electrons. The van der Waals surface area contributed by atoms with Crippen molar-refractivity contribution in [1.29, 1.82) is 0 Å². The first-order valence-electron chi connectivity index (χ1n) is 9.22. The van der Waals surface area contributed by atoms with E-state index < -0.39 is 0 Å². The Kier molecular flexibility index (Phi) is 4.87. The summed E-state index contributed by atoms with van der Waals surface area (Å²) in [6.45, 7) is 5.97. The van der Waals surface area contributed by atoms with Crippen LogP contribution in [0.1, 0.15) is 16.8 Å². The zero-order valence-corrected chi connectivity index (χ0v) is 16.4. The molecule has 0 saturated carbocycles. The number of hydrogen-bond donors (Lipinski definition) is 3. The molecule has 0 saturated heterocycles. The van der Waals surface area contributed by atoms with E-state index in [0.717, 1.165) is 33.5 Å². The van der Waals surface area contributed by atoms with E-state index in [1.165, 1.54) is 6.33 Å². The number of nitrogens with zero attached hydrogens (tertiary/aromatic N) is 2. The molecule has 0 atom stereocenters. The number of nitrogens with one attached hydrogen (secondary N) is 3.